The molecule has 1 heterocycles. The predicted molar refractivity (Wildman–Crippen MR) is 83.1 cm³/mol. The zero-order valence-corrected chi connectivity index (χ0v) is 12.1. The Balaban J connectivity index is 2.08. The molecule has 0 fully saturated rings. The van der Waals surface area contributed by atoms with Gasteiger partial charge in [0.2, 0.25) is 5.88 Å². The van der Waals surface area contributed by atoms with Gasteiger partial charge in [0.25, 0.3) is 5.69 Å². The Labute approximate surface area is 127 Å². The van der Waals surface area contributed by atoms with Gasteiger partial charge in [-0.15, -0.1) is 5.10 Å². The van der Waals surface area contributed by atoms with Gasteiger partial charge in [0.15, 0.2) is 0 Å². The first-order chi connectivity index (χ1) is 10.7. The van der Waals surface area contributed by atoms with E-state index in [1.54, 1.807) is 10.7 Å². The normalized spacial score (nSPS) is 10.8. The molecule has 0 aliphatic heterocycles. The topological polar surface area (TPSA) is 70.2 Å². The van der Waals surface area contributed by atoms with E-state index in [0.717, 1.165) is 11.1 Å². The second-order valence-corrected chi connectivity index (χ2v) is 4.84. The summed E-state index contributed by atoms with van der Waals surface area (Å²) in [7, 11) is 0. The maximum atomic E-state index is 10.9. The Morgan fingerprint density at radius 2 is 2.00 bits per heavy atom. The summed E-state index contributed by atoms with van der Waals surface area (Å²) < 4.78 is 7.32. The van der Waals surface area contributed by atoms with Crippen LogP contribution in [-0.4, -0.2) is 21.3 Å². The molecule has 0 radical (unpaired) electrons. The summed E-state index contributed by atoms with van der Waals surface area (Å²) >= 11 is 0. The second-order valence-electron chi connectivity index (χ2n) is 4.84. The molecule has 2 aromatic carbocycles. The van der Waals surface area contributed by atoms with Gasteiger partial charge < -0.3 is 4.74 Å². The molecule has 3 aromatic rings. The highest BCUT2D eigenvalue weighted by Crippen LogP contribution is 2.29. The molecule has 0 unspecified atom stereocenters. The molecule has 0 amide bonds. The molecular formula is C16H15N3O3. The third kappa shape index (κ3) is 2.63. The van der Waals surface area contributed by atoms with Crippen LogP contribution in [0.4, 0.5) is 5.69 Å². The number of ether oxygens (including phenoxy) is 1. The Kier molecular flexibility index (Phi) is 3.74. The van der Waals surface area contributed by atoms with Crippen molar-refractivity contribution in [3.63, 3.8) is 0 Å². The van der Waals surface area contributed by atoms with Gasteiger partial charge in [-0.05, 0) is 18.6 Å². The zero-order valence-electron chi connectivity index (χ0n) is 12.1. The highest BCUT2D eigenvalue weighted by Gasteiger charge is 2.16. The number of rotatable bonds is 5. The number of fused-ring (bicyclic) bond motifs is 1. The van der Waals surface area contributed by atoms with Crippen LogP contribution in [0.3, 0.4) is 0 Å². The average Bonchev–Trinajstić information content (AvgIpc) is 2.86. The smallest absolute Gasteiger partial charge is 0.270 e. The largest absolute Gasteiger partial charge is 0.476 e. The van der Waals surface area contributed by atoms with Gasteiger partial charge in [-0.25, -0.2) is 0 Å². The Morgan fingerprint density at radius 3 is 2.68 bits per heavy atom. The minimum absolute atomic E-state index is 0.0349. The van der Waals surface area contributed by atoms with Crippen LogP contribution in [0.1, 0.15) is 12.5 Å². The number of hydrogen-bond acceptors (Lipinski definition) is 4. The summed E-state index contributed by atoms with van der Waals surface area (Å²) in [5.41, 5.74) is 1.96. The van der Waals surface area contributed by atoms with E-state index in [2.05, 4.69) is 5.10 Å². The number of nitrogens with zero attached hydrogens (tertiary/aromatic N) is 3. The van der Waals surface area contributed by atoms with Gasteiger partial charge >= 0.3 is 0 Å². The van der Waals surface area contributed by atoms with Crippen LogP contribution in [-0.2, 0) is 6.54 Å². The molecule has 6 nitrogen and oxygen atoms in total. The zero-order chi connectivity index (χ0) is 15.5. The van der Waals surface area contributed by atoms with Crippen molar-refractivity contribution < 1.29 is 9.66 Å². The first-order valence-corrected chi connectivity index (χ1v) is 7.00. The molecule has 0 atom stereocenters. The molecule has 0 N–H and O–H groups in total. The average molecular weight is 297 g/mol. The summed E-state index contributed by atoms with van der Waals surface area (Å²) in [4.78, 5) is 10.5. The molecule has 0 saturated heterocycles. The van der Waals surface area contributed by atoms with Crippen molar-refractivity contribution in [1.29, 1.82) is 0 Å². The number of benzene rings is 2. The fraction of sp³-hybridized carbons (Fsp3) is 0.188. The number of non-ortho nitro benzene ring substituents is 1. The lowest BCUT2D eigenvalue weighted by Gasteiger charge is -2.03. The highest BCUT2D eigenvalue weighted by atomic mass is 16.6. The van der Waals surface area contributed by atoms with Crippen LogP contribution in [0.25, 0.3) is 10.9 Å². The standard InChI is InChI=1S/C16H15N3O3/c1-2-22-16-14-10-13(19(20)21)8-9-15(14)18(17-16)11-12-6-4-3-5-7-12/h3-10H,2,11H2,1H3. The van der Waals surface area contributed by atoms with Crippen molar-refractivity contribution in [3.8, 4) is 5.88 Å². The van der Waals surface area contributed by atoms with E-state index >= 15 is 0 Å². The fourth-order valence-electron chi connectivity index (χ4n) is 2.37. The second kappa shape index (κ2) is 5.85. The molecule has 1 aromatic heterocycles. The van der Waals surface area contributed by atoms with Crippen molar-refractivity contribution >= 4 is 16.6 Å². The van der Waals surface area contributed by atoms with Crippen molar-refractivity contribution in [2.75, 3.05) is 6.61 Å². The fourth-order valence-corrected chi connectivity index (χ4v) is 2.37. The van der Waals surface area contributed by atoms with Crippen molar-refractivity contribution in [2.24, 2.45) is 0 Å². The van der Waals surface area contributed by atoms with Crippen LogP contribution in [0.5, 0.6) is 5.88 Å². The molecule has 3 rings (SSSR count). The lowest BCUT2D eigenvalue weighted by atomic mass is 10.2. The predicted octanol–water partition coefficient (Wildman–Crippen LogP) is 3.39. The minimum Gasteiger partial charge on any atom is -0.476 e. The summed E-state index contributed by atoms with van der Waals surface area (Å²) in [6.07, 6.45) is 0. The maximum Gasteiger partial charge on any atom is 0.270 e. The van der Waals surface area contributed by atoms with Crippen LogP contribution >= 0.6 is 0 Å². The third-order valence-electron chi connectivity index (χ3n) is 3.37. The van der Waals surface area contributed by atoms with Gasteiger partial charge in [0.1, 0.15) is 0 Å². The Hall–Kier alpha value is -2.89. The van der Waals surface area contributed by atoms with E-state index in [0.29, 0.717) is 24.4 Å². The van der Waals surface area contributed by atoms with E-state index in [-0.39, 0.29) is 5.69 Å². The lowest BCUT2D eigenvalue weighted by molar-refractivity contribution is -0.384. The number of nitro groups is 1. The van der Waals surface area contributed by atoms with Crippen LogP contribution in [0.2, 0.25) is 0 Å². The Bertz CT molecular complexity index is 812. The van der Waals surface area contributed by atoms with Crippen molar-refractivity contribution in [1.82, 2.24) is 9.78 Å². The van der Waals surface area contributed by atoms with Crippen molar-refractivity contribution in [3.05, 3.63) is 64.2 Å². The van der Waals surface area contributed by atoms with Crippen molar-refractivity contribution in [2.45, 2.75) is 13.5 Å². The molecule has 6 heteroatoms. The minimum atomic E-state index is -0.413. The van der Waals surface area contributed by atoms with E-state index in [1.165, 1.54) is 12.1 Å². The molecule has 112 valence electrons. The maximum absolute atomic E-state index is 10.9. The summed E-state index contributed by atoms with van der Waals surface area (Å²) in [6.45, 7) is 2.90. The SMILES string of the molecule is CCOc1nn(Cc2ccccc2)c2ccc([N+](=O)[O-])cc12. The number of nitro benzene ring substituents is 1. The molecule has 0 bridgehead atoms. The first-order valence-electron chi connectivity index (χ1n) is 7.00. The third-order valence-corrected chi connectivity index (χ3v) is 3.37. The van der Waals surface area contributed by atoms with E-state index < -0.39 is 4.92 Å². The number of aromatic nitrogens is 2. The monoisotopic (exact) mass is 297 g/mol. The first kappa shape index (κ1) is 14.1. The van der Waals surface area contributed by atoms with Gasteiger partial charge in [0, 0.05) is 12.1 Å². The van der Waals surface area contributed by atoms with Gasteiger partial charge in [-0.2, -0.15) is 0 Å². The molecule has 0 aliphatic rings. The van der Waals surface area contributed by atoms with Crippen LogP contribution < -0.4 is 4.74 Å². The molecule has 0 saturated carbocycles. The molecule has 0 spiro atoms. The quantitative estimate of drug-likeness (QED) is 0.534. The van der Waals surface area contributed by atoms with Gasteiger partial charge in [0.05, 0.1) is 29.0 Å². The van der Waals surface area contributed by atoms with Crippen LogP contribution in [0, 0.1) is 10.1 Å². The summed E-state index contributed by atoms with van der Waals surface area (Å²) in [6, 6.07) is 14.6. The Morgan fingerprint density at radius 1 is 1.23 bits per heavy atom. The highest BCUT2D eigenvalue weighted by molar-refractivity contribution is 5.86. The van der Waals surface area contributed by atoms with Gasteiger partial charge in [-0.3, -0.25) is 14.8 Å². The summed E-state index contributed by atoms with van der Waals surface area (Å²) in [5.74, 6) is 0.428. The van der Waals surface area contributed by atoms with E-state index in [4.69, 9.17) is 4.74 Å². The molecule has 22 heavy (non-hydrogen) atoms. The molecule has 0 aliphatic carbocycles. The number of hydrogen-bond donors (Lipinski definition) is 0. The lowest BCUT2D eigenvalue weighted by Crippen LogP contribution is -2.02. The van der Waals surface area contributed by atoms with E-state index in [1.807, 2.05) is 37.3 Å². The van der Waals surface area contributed by atoms with Crippen LogP contribution in [0.15, 0.2) is 48.5 Å². The summed E-state index contributed by atoms with van der Waals surface area (Å²) in [5, 5.41) is 16.1. The molecular weight excluding hydrogens is 282 g/mol. The van der Waals surface area contributed by atoms with Gasteiger partial charge in [-0.1, -0.05) is 30.3 Å². The van der Waals surface area contributed by atoms with E-state index in [9.17, 15) is 10.1 Å².